The number of hydrogen-bond donors (Lipinski definition) is 1. The molecule has 0 aliphatic heterocycles. The van der Waals surface area contributed by atoms with Crippen LogP contribution < -0.4 is 5.32 Å². The maximum atomic E-state index is 10.4. The van der Waals surface area contributed by atoms with Crippen LogP contribution in [0.3, 0.4) is 0 Å². The molecule has 1 aromatic carbocycles. The fourth-order valence-corrected chi connectivity index (χ4v) is 3.30. The van der Waals surface area contributed by atoms with Gasteiger partial charge in [0.1, 0.15) is 6.10 Å². The van der Waals surface area contributed by atoms with Crippen molar-refractivity contribution in [3.05, 3.63) is 42.7 Å². The summed E-state index contributed by atoms with van der Waals surface area (Å²) in [6.07, 6.45) is 7.19. The second kappa shape index (κ2) is 6.88. The third-order valence-electron chi connectivity index (χ3n) is 4.59. The summed E-state index contributed by atoms with van der Waals surface area (Å²) in [5, 5.41) is 8.89. The number of carbonyl (C=O) groups excluding carboxylic acids is 1. The van der Waals surface area contributed by atoms with E-state index in [1.165, 1.54) is 0 Å². The molecule has 0 saturated heterocycles. The molecule has 0 atom stereocenters. The van der Waals surface area contributed by atoms with Crippen molar-refractivity contribution in [2.24, 2.45) is 0 Å². The molecule has 7 heteroatoms. The van der Waals surface area contributed by atoms with Crippen molar-refractivity contribution in [1.82, 2.24) is 19.7 Å². The molecule has 25 heavy (non-hydrogen) atoms. The largest absolute Gasteiger partial charge is 0.465 e. The summed E-state index contributed by atoms with van der Waals surface area (Å²) in [4.78, 5) is 19.4. The van der Waals surface area contributed by atoms with Crippen LogP contribution in [0.1, 0.15) is 25.7 Å². The van der Waals surface area contributed by atoms with Gasteiger partial charge in [-0.25, -0.2) is 9.67 Å². The van der Waals surface area contributed by atoms with E-state index in [0.717, 1.165) is 42.4 Å². The van der Waals surface area contributed by atoms with Crippen molar-refractivity contribution in [2.75, 3.05) is 5.32 Å². The molecule has 1 fully saturated rings. The molecule has 1 aliphatic rings. The number of benzene rings is 1. The highest BCUT2D eigenvalue weighted by Crippen LogP contribution is 2.23. The second-order valence-electron chi connectivity index (χ2n) is 6.20. The number of carbonyl (C=O) groups is 1. The minimum Gasteiger partial charge on any atom is -0.465 e. The molecule has 3 aromatic rings. The lowest BCUT2D eigenvalue weighted by Crippen LogP contribution is -2.30. The predicted octanol–water partition coefficient (Wildman–Crippen LogP) is 2.71. The van der Waals surface area contributed by atoms with Crippen LogP contribution >= 0.6 is 0 Å². The topological polar surface area (TPSA) is 81.9 Å². The van der Waals surface area contributed by atoms with E-state index in [0.29, 0.717) is 12.4 Å². The highest BCUT2D eigenvalue weighted by atomic mass is 16.5. The summed E-state index contributed by atoms with van der Waals surface area (Å²) >= 11 is 0. The number of rotatable bonds is 5. The Hall–Kier alpha value is -2.96. The SMILES string of the molecule is O=COC1CCC(Nc2nccc(-n3ncc4ccccc43)n2)CC1. The molecule has 0 amide bonds. The summed E-state index contributed by atoms with van der Waals surface area (Å²) in [5.74, 6) is 1.33. The Morgan fingerprint density at radius 2 is 2.00 bits per heavy atom. The first-order valence-electron chi connectivity index (χ1n) is 8.45. The van der Waals surface area contributed by atoms with Crippen LogP contribution in [0.25, 0.3) is 16.7 Å². The van der Waals surface area contributed by atoms with E-state index in [9.17, 15) is 4.79 Å². The third kappa shape index (κ3) is 3.31. The normalized spacial score (nSPS) is 20.3. The summed E-state index contributed by atoms with van der Waals surface area (Å²) in [6, 6.07) is 10.2. The van der Waals surface area contributed by atoms with Crippen LogP contribution in [-0.2, 0) is 9.53 Å². The Morgan fingerprint density at radius 3 is 2.84 bits per heavy atom. The van der Waals surface area contributed by atoms with Gasteiger partial charge < -0.3 is 10.1 Å². The Bertz CT molecular complexity index is 871. The summed E-state index contributed by atoms with van der Waals surface area (Å²) in [7, 11) is 0. The summed E-state index contributed by atoms with van der Waals surface area (Å²) in [5.41, 5.74) is 1.01. The van der Waals surface area contributed by atoms with Crippen molar-refractivity contribution in [2.45, 2.75) is 37.8 Å². The molecule has 2 heterocycles. The molecule has 4 rings (SSSR count). The highest BCUT2D eigenvalue weighted by molar-refractivity contribution is 5.79. The van der Waals surface area contributed by atoms with E-state index in [1.807, 2.05) is 41.2 Å². The Kier molecular flexibility index (Phi) is 4.28. The Morgan fingerprint density at radius 1 is 1.16 bits per heavy atom. The van der Waals surface area contributed by atoms with E-state index in [4.69, 9.17) is 4.74 Å². The standard InChI is InChI=1S/C18H19N5O2/c24-12-25-15-7-5-14(6-8-15)21-18-19-10-9-17(22-18)23-16-4-2-1-3-13(16)11-20-23/h1-4,9-12,14-15H,5-8H2,(H,19,21,22). The number of anilines is 1. The molecule has 1 aliphatic carbocycles. The lowest BCUT2D eigenvalue weighted by atomic mass is 9.93. The van der Waals surface area contributed by atoms with Crippen LogP contribution in [0.2, 0.25) is 0 Å². The van der Waals surface area contributed by atoms with Crippen molar-refractivity contribution < 1.29 is 9.53 Å². The zero-order valence-corrected chi connectivity index (χ0v) is 13.7. The fraction of sp³-hybridized carbons (Fsp3) is 0.333. The smallest absolute Gasteiger partial charge is 0.293 e. The zero-order valence-electron chi connectivity index (χ0n) is 13.7. The molecule has 2 aromatic heterocycles. The molecular weight excluding hydrogens is 318 g/mol. The minimum atomic E-state index is 0.0400. The van der Waals surface area contributed by atoms with Crippen LogP contribution in [0.5, 0.6) is 0 Å². The van der Waals surface area contributed by atoms with Gasteiger partial charge in [0, 0.05) is 23.7 Å². The first kappa shape index (κ1) is 15.6. The van der Waals surface area contributed by atoms with Gasteiger partial charge >= 0.3 is 0 Å². The van der Waals surface area contributed by atoms with Gasteiger partial charge in [-0.15, -0.1) is 0 Å². The number of hydrogen-bond acceptors (Lipinski definition) is 6. The first-order valence-corrected chi connectivity index (χ1v) is 8.45. The van der Waals surface area contributed by atoms with E-state index in [-0.39, 0.29) is 12.1 Å². The zero-order chi connectivity index (χ0) is 17.1. The average Bonchev–Trinajstić information content (AvgIpc) is 3.08. The van der Waals surface area contributed by atoms with Crippen molar-refractivity contribution in [1.29, 1.82) is 0 Å². The second-order valence-corrected chi connectivity index (χ2v) is 6.20. The molecule has 0 spiro atoms. The Labute approximate surface area is 145 Å². The van der Waals surface area contributed by atoms with Crippen LogP contribution in [-0.4, -0.2) is 38.4 Å². The molecule has 0 bridgehead atoms. The van der Waals surface area contributed by atoms with Crippen LogP contribution in [0, 0.1) is 0 Å². The van der Waals surface area contributed by atoms with Crippen molar-refractivity contribution >= 4 is 23.3 Å². The number of aromatic nitrogens is 4. The van der Waals surface area contributed by atoms with Crippen LogP contribution in [0.4, 0.5) is 5.95 Å². The number of fused-ring (bicyclic) bond motifs is 1. The summed E-state index contributed by atoms with van der Waals surface area (Å²) < 4.78 is 6.86. The molecule has 128 valence electrons. The van der Waals surface area contributed by atoms with Gasteiger partial charge in [-0.05, 0) is 31.7 Å². The van der Waals surface area contributed by atoms with E-state index < -0.39 is 0 Å². The molecule has 7 nitrogen and oxygen atoms in total. The average molecular weight is 337 g/mol. The van der Waals surface area contributed by atoms with Gasteiger partial charge in [0.05, 0.1) is 11.7 Å². The van der Waals surface area contributed by atoms with Gasteiger partial charge in [0.15, 0.2) is 5.82 Å². The molecule has 0 unspecified atom stereocenters. The highest BCUT2D eigenvalue weighted by Gasteiger charge is 2.22. The summed E-state index contributed by atoms with van der Waals surface area (Å²) in [6.45, 7) is 0.541. The lowest BCUT2D eigenvalue weighted by molar-refractivity contribution is -0.134. The number of nitrogens with zero attached hydrogens (tertiary/aromatic N) is 4. The lowest BCUT2D eigenvalue weighted by Gasteiger charge is -2.27. The van der Waals surface area contributed by atoms with Gasteiger partial charge in [-0.1, -0.05) is 18.2 Å². The van der Waals surface area contributed by atoms with Crippen molar-refractivity contribution in [3.8, 4) is 5.82 Å². The van der Waals surface area contributed by atoms with Crippen LogP contribution in [0.15, 0.2) is 42.7 Å². The monoisotopic (exact) mass is 337 g/mol. The predicted molar refractivity (Wildman–Crippen MR) is 93.5 cm³/mol. The third-order valence-corrected chi connectivity index (χ3v) is 4.59. The minimum absolute atomic E-state index is 0.0400. The fourth-order valence-electron chi connectivity index (χ4n) is 3.30. The number of nitrogens with one attached hydrogen (secondary N) is 1. The molecule has 1 N–H and O–H groups in total. The first-order chi connectivity index (χ1) is 12.3. The Balaban J connectivity index is 1.50. The quantitative estimate of drug-likeness (QED) is 0.721. The van der Waals surface area contributed by atoms with Gasteiger partial charge in [0.25, 0.3) is 6.47 Å². The van der Waals surface area contributed by atoms with Crippen molar-refractivity contribution in [3.63, 3.8) is 0 Å². The molecule has 0 radical (unpaired) electrons. The van der Waals surface area contributed by atoms with Gasteiger partial charge in [0.2, 0.25) is 5.95 Å². The maximum Gasteiger partial charge on any atom is 0.293 e. The van der Waals surface area contributed by atoms with Gasteiger partial charge in [-0.2, -0.15) is 10.1 Å². The molecular formula is C18H19N5O2. The maximum absolute atomic E-state index is 10.4. The molecule has 1 saturated carbocycles. The van der Waals surface area contributed by atoms with E-state index in [1.54, 1.807) is 6.20 Å². The van der Waals surface area contributed by atoms with E-state index >= 15 is 0 Å². The van der Waals surface area contributed by atoms with E-state index in [2.05, 4.69) is 20.4 Å². The number of para-hydroxylation sites is 1. The van der Waals surface area contributed by atoms with Gasteiger partial charge in [-0.3, -0.25) is 4.79 Å². The number of ether oxygens (including phenoxy) is 1.